The van der Waals surface area contributed by atoms with E-state index in [0.717, 1.165) is 0 Å². The van der Waals surface area contributed by atoms with Crippen LogP contribution in [-0.2, 0) is 11.3 Å². The van der Waals surface area contributed by atoms with Crippen molar-refractivity contribution in [1.29, 1.82) is 0 Å². The van der Waals surface area contributed by atoms with Crippen LogP contribution in [0.3, 0.4) is 0 Å². The zero-order valence-corrected chi connectivity index (χ0v) is 10.6. The van der Waals surface area contributed by atoms with Crippen molar-refractivity contribution in [3.8, 4) is 5.75 Å². The molecule has 0 spiro atoms. The Labute approximate surface area is 114 Å². The van der Waals surface area contributed by atoms with Crippen molar-refractivity contribution in [3.63, 3.8) is 0 Å². The molecule has 0 aliphatic carbocycles. The molecule has 1 amide bonds. The van der Waals surface area contributed by atoms with Crippen molar-refractivity contribution in [3.05, 3.63) is 46.9 Å². The number of carbonyl (C=O) groups is 1. The summed E-state index contributed by atoms with van der Waals surface area (Å²) in [6.45, 7) is -0.0487. The third-order valence-corrected chi connectivity index (χ3v) is 2.51. The summed E-state index contributed by atoms with van der Waals surface area (Å²) in [6, 6.07) is 6.84. The van der Waals surface area contributed by atoms with Gasteiger partial charge in [-0.3, -0.25) is 4.79 Å². The van der Waals surface area contributed by atoms with Gasteiger partial charge in [-0.2, -0.15) is 0 Å². The number of methoxy groups -OCH3 is 1. The van der Waals surface area contributed by atoms with E-state index in [-0.39, 0.29) is 18.3 Å². The number of rotatable bonds is 5. The summed E-state index contributed by atoms with van der Waals surface area (Å²) >= 11 is 0. The van der Waals surface area contributed by atoms with Crippen LogP contribution in [0.1, 0.15) is 0 Å². The molecule has 0 saturated heterocycles. The molecule has 8 nitrogen and oxygen atoms in total. The number of carbonyl (C=O) groups excluding carboxylic acids is 1. The summed E-state index contributed by atoms with van der Waals surface area (Å²) in [6.07, 6.45) is 2.44. The maximum atomic E-state index is 11.8. The first-order chi connectivity index (χ1) is 9.58. The molecule has 0 bridgehead atoms. The average Bonchev–Trinajstić information content (AvgIpc) is 2.88. The van der Waals surface area contributed by atoms with Crippen LogP contribution in [0.4, 0.5) is 11.5 Å². The molecule has 1 heterocycles. The first-order valence-corrected chi connectivity index (χ1v) is 5.68. The summed E-state index contributed by atoms with van der Waals surface area (Å²) in [5.41, 5.74) is 0.616. The van der Waals surface area contributed by atoms with Crippen molar-refractivity contribution in [1.82, 2.24) is 9.55 Å². The minimum absolute atomic E-state index is 0.0487. The molecule has 0 radical (unpaired) electrons. The van der Waals surface area contributed by atoms with E-state index in [0.29, 0.717) is 11.4 Å². The van der Waals surface area contributed by atoms with E-state index in [1.54, 1.807) is 31.4 Å². The first-order valence-electron chi connectivity index (χ1n) is 5.68. The second-order valence-corrected chi connectivity index (χ2v) is 3.94. The highest BCUT2D eigenvalue weighted by atomic mass is 16.6. The van der Waals surface area contributed by atoms with Gasteiger partial charge in [-0.1, -0.05) is 0 Å². The zero-order chi connectivity index (χ0) is 14.5. The molecule has 0 unspecified atom stereocenters. The molecule has 0 fully saturated rings. The maximum Gasteiger partial charge on any atom is 0.381 e. The molecule has 0 aliphatic heterocycles. The van der Waals surface area contributed by atoms with Crippen LogP contribution in [0, 0.1) is 10.1 Å². The van der Waals surface area contributed by atoms with Gasteiger partial charge in [0.25, 0.3) is 0 Å². The molecule has 8 heteroatoms. The Morgan fingerprint density at radius 1 is 1.45 bits per heavy atom. The molecule has 104 valence electrons. The fourth-order valence-corrected chi connectivity index (χ4v) is 1.57. The third kappa shape index (κ3) is 3.31. The van der Waals surface area contributed by atoms with Gasteiger partial charge in [-0.15, -0.1) is 0 Å². The van der Waals surface area contributed by atoms with Crippen LogP contribution in [0.25, 0.3) is 0 Å². The van der Waals surface area contributed by atoms with Crippen molar-refractivity contribution < 1.29 is 14.5 Å². The zero-order valence-electron chi connectivity index (χ0n) is 10.6. The predicted molar refractivity (Wildman–Crippen MR) is 70.5 cm³/mol. The van der Waals surface area contributed by atoms with Crippen LogP contribution >= 0.6 is 0 Å². The summed E-state index contributed by atoms with van der Waals surface area (Å²) < 4.78 is 6.35. The molecule has 20 heavy (non-hydrogen) atoms. The highest BCUT2D eigenvalue weighted by Gasteiger charge is 2.12. The minimum atomic E-state index is -0.613. The molecule has 1 aromatic carbocycles. The topological polar surface area (TPSA) is 99.3 Å². The quantitative estimate of drug-likeness (QED) is 0.658. The molecule has 1 aromatic heterocycles. The van der Waals surface area contributed by atoms with Gasteiger partial charge in [0.15, 0.2) is 0 Å². The van der Waals surface area contributed by atoms with Gasteiger partial charge >= 0.3 is 5.82 Å². The predicted octanol–water partition coefficient (Wildman–Crippen LogP) is 1.44. The monoisotopic (exact) mass is 276 g/mol. The lowest BCUT2D eigenvalue weighted by atomic mass is 10.3. The molecular weight excluding hydrogens is 264 g/mol. The standard InChI is InChI=1S/C12H12N4O4/c1-20-10-4-2-9(3-5-10)14-12(17)7-15-6-11(13-8-15)16(18)19/h2-6,8H,7H2,1H3,(H,14,17). The highest BCUT2D eigenvalue weighted by Crippen LogP contribution is 2.15. The molecule has 2 aromatic rings. The molecule has 2 rings (SSSR count). The molecule has 0 aliphatic rings. The Balaban J connectivity index is 1.95. The molecule has 0 saturated carbocycles. The Hall–Kier alpha value is -2.90. The number of aromatic nitrogens is 2. The lowest BCUT2D eigenvalue weighted by molar-refractivity contribution is -0.389. The second-order valence-electron chi connectivity index (χ2n) is 3.94. The molecule has 0 atom stereocenters. The third-order valence-electron chi connectivity index (χ3n) is 2.51. The summed E-state index contributed by atoms with van der Waals surface area (Å²) in [5.74, 6) is 0.0953. The summed E-state index contributed by atoms with van der Waals surface area (Å²) in [7, 11) is 1.56. The van der Waals surface area contributed by atoms with Crippen LogP contribution in [-0.4, -0.2) is 27.5 Å². The SMILES string of the molecule is COc1ccc(NC(=O)Cn2cnc([N+](=O)[O-])c2)cc1. The van der Waals surface area contributed by atoms with E-state index in [1.165, 1.54) is 17.1 Å². The Kier molecular flexibility index (Phi) is 3.94. The smallest absolute Gasteiger partial charge is 0.381 e. The van der Waals surface area contributed by atoms with Gasteiger partial charge in [-0.05, 0) is 34.2 Å². The second kappa shape index (κ2) is 5.83. The summed E-state index contributed by atoms with van der Waals surface area (Å²) in [5, 5.41) is 13.1. The van der Waals surface area contributed by atoms with Gasteiger partial charge < -0.3 is 24.7 Å². The van der Waals surface area contributed by atoms with Crippen LogP contribution in [0.15, 0.2) is 36.8 Å². The highest BCUT2D eigenvalue weighted by molar-refractivity contribution is 5.90. The van der Waals surface area contributed by atoms with Crippen molar-refractivity contribution in [2.75, 3.05) is 12.4 Å². The number of nitrogens with zero attached hydrogens (tertiary/aromatic N) is 3. The molecular formula is C12H12N4O4. The van der Waals surface area contributed by atoms with E-state index in [9.17, 15) is 14.9 Å². The number of amides is 1. The number of imidazole rings is 1. The Bertz CT molecular complexity index is 621. The number of benzene rings is 1. The van der Waals surface area contributed by atoms with Crippen LogP contribution in [0.2, 0.25) is 0 Å². The lowest BCUT2D eigenvalue weighted by Gasteiger charge is -2.06. The Morgan fingerprint density at radius 2 is 2.15 bits per heavy atom. The van der Waals surface area contributed by atoms with E-state index >= 15 is 0 Å². The normalized spacial score (nSPS) is 10.1. The van der Waals surface area contributed by atoms with E-state index in [2.05, 4.69) is 10.3 Å². The van der Waals surface area contributed by atoms with E-state index < -0.39 is 4.92 Å². The van der Waals surface area contributed by atoms with Gasteiger partial charge in [0.05, 0.1) is 7.11 Å². The first kappa shape index (κ1) is 13.5. The van der Waals surface area contributed by atoms with E-state index in [4.69, 9.17) is 4.74 Å². The number of anilines is 1. The number of nitro groups is 1. The van der Waals surface area contributed by atoms with Crippen LogP contribution < -0.4 is 10.1 Å². The van der Waals surface area contributed by atoms with Crippen molar-refractivity contribution >= 4 is 17.4 Å². The molecule has 1 N–H and O–H groups in total. The van der Waals surface area contributed by atoms with Gasteiger partial charge in [0.1, 0.15) is 18.5 Å². The maximum absolute atomic E-state index is 11.8. The lowest BCUT2D eigenvalue weighted by Crippen LogP contribution is -2.17. The minimum Gasteiger partial charge on any atom is -0.497 e. The fraction of sp³-hybridized carbons (Fsp3) is 0.167. The van der Waals surface area contributed by atoms with Gasteiger partial charge in [0, 0.05) is 5.69 Å². The van der Waals surface area contributed by atoms with Crippen molar-refractivity contribution in [2.24, 2.45) is 0 Å². The average molecular weight is 276 g/mol. The van der Waals surface area contributed by atoms with E-state index in [1.807, 2.05) is 0 Å². The van der Waals surface area contributed by atoms with Crippen LogP contribution in [0.5, 0.6) is 5.75 Å². The van der Waals surface area contributed by atoms with Crippen molar-refractivity contribution in [2.45, 2.75) is 6.54 Å². The number of ether oxygens (including phenoxy) is 1. The Morgan fingerprint density at radius 3 is 2.70 bits per heavy atom. The number of hydrogen-bond donors (Lipinski definition) is 1. The number of nitrogens with one attached hydrogen (secondary N) is 1. The van der Waals surface area contributed by atoms with Gasteiger partial charge in [0.2, 0.25) is 12.2 Å². The largest absolute Gasteiger partial charge is 0.497 e. The fourth-order valence-electron chi connectivity index (χ4n) is 1.57. The summed E-state index contributed by atoms with van der Waals surface area (Å²) in [4.78, 5) is 25.2. The number of hydrogen-bond acceptors (Lipinski definition) is 5. The van der Waals surface area contributed by atoms with Gasteiger partial charge in [-0.25, -0.2) is 0 Å².